The second kappa shape index (κ2) is 6.32. The van der Waals surface area contributed by atoms with E-state index in [1.54, 1.807) is 4.90 Å². The van der Waals surface area contributed by atoms with Crippen LogP contribution < -0.4 is 9.50 Å². The van der Waals surface area contributed by atoms with Crippen molar-refractivity contribution in [2.24, 2.45) is 0 Å². The summed E-state index contributed by atoms with van der Waals surface area (Å²) in [5.74, 6) is -0.602. The number of halogens is 3. The second-order valence-corrected chi connectivity index (χ2v) is 8.00. The number of alkyl halides is 3. The molecule has 1 N–H and O–H groups in total. The van der Waals surface area contributed by atoms with E-state index in [2.05, 4.69) is 14.6 Å². The lowest BCUT2D eigenvalue weighted by Gasteiger charge is -2.33. The van der Waals surface area contributed by atoms with Crippen molar-refractivity contribution < 1.29 is 30.6 Å². The van der Waals surface area contributed by atoms with Gasteiger partial charge in [0.2, 0.25) is 0 Å². The molecule has 0 bridgehead atoms. The average molecular weight is 396 g/mol. The van der Waals surface area contributed by atoms with Crippen molar-refractivity contribution in [2.45, 2.75) is 43.7 Å². The minimum Gasteiger partial charge on any atom is -0.354 e. The summed E-state index contributed by atoms with van der Waals surface area (Å²) in [4.78, 5) is 13.7. The van der Waals surface area contributed by atoms with Crippen LogP contribution in [0.25, 0.3) is 0 Å². The van der Waals surface area contributed by atoms with Crippen molar-refractivity contribution >= 4 is 16.1 Å². The molecule has 1 saturated heterocycles. The quantitative estimate of drug-likeness (QED) is 0.619. The molecule has 1 atom stereocenters. The van der Waals surface area contributed by atoms with Crippen LogP contribution in [-0.4, -0.2) is 54.3 Å². The number of hydrogen-bond acceptors (Lipinski definition) is 5. The third-order valence-corrected chi connectivity index (χ3v) is 5.73. The van der Waals surface area contributed by atoms with Gasteiger partial charge in [0.15, 0.2) is 0 Å². The number of amides is 2. The lowest BCUT2D eigenvalue weighted by Crippen LogP contribution is -2.42. The first kappa shape index (κ1) is 18.8. The highest BCUT2D eigenvalue weighted by Crippen LogP contribution is 2.43. The molecule has 0 aliphatic carbocycles. The van der Waals surface area contributed by atoms with Crippen molar-refractivity contribution in [1.82, 2.24) is 20.0 Å². The van der Waals surface area contributed by atoms with Crippen molar-refractivity contribution in [3.8, 4) is 5.88 Å². The molecular formula is C14H19F3N4O4S. The Balaban J connectivity index is 1.86. The van der Waals surface area contributed by atoms with E-state index in [-0.39, 0.29) is 6.03 Å². The van der Waals surface area contributed by atoms with Crippen LogP contribution in [0, 0.1) is 0 Å². The van der Waals surface area contributed by atoms with Gasteiger partial charge in [0, 0.05) is 37.7 Å². The van der Waals surface area contributed by atoms with Gasteiger partial charge in [0.05, 0.1) is 5.69 Å². The second-order valence-electron chi connectivity index (χ2n) is 6.47. The fraction of sp³-hybridized carbons (Fsp3) is 0.714. The van der Waals surface area contributed by atoms with Crippen LogP contribution in [0.15, 0.2) is 6.07 Å². The number of aryl methyl sites for hydroxylation is 1. The molecule has 3 rings (SSSR count). The number of urea groups is 1. The third kappa shape index (κ3) is 3.21. The molecule has 26 heavy (non-hydrogen) atoms. The molecule has 0 saturated carbocycles. The largest absolute Gasteiger partial charge is 0.534 e. The molecule has 146 valence electrons. The van der Waals surface area contributed by atoms with Crippen LogP contribution in [0.4, 0.5) is 18.0 Å². The number of fused-ring (bicyclic) bond motifs is 2. The Morgan fingerprint density at radius 1 is 1.38 bits per heavy atom. The first-order valence-corrected chi connectivity index (χ1v) is 9.61. The van der Waals surface area contributed by atoms with E-state index < -0.39 is 26.9 Å². The summed E-state index contributed by atoms with van der Waals surface area (Å²) >= 11 is 0. The van der Waals surface area contributed by atoms with Crippen LogP contribution in [0.5, 0.6) is 5.88 Å². The van der Waals surface area contributed by atoms with Crippen LogP contribution in [0.3, 0.4) is 0 Å². The highest BCUT2D eigenvalue weighted by atomic mass is 32.2. The smallest absolute Gasteiger partial charge is 0.354 e. The molecule has 2 aliphatic rings. The molecule has 1 spiro atoms. The van der Waals surface area contributed by atoms with Gasteiger partial charge < -0.3 is 14.4 Å². The lowest BCUT2D eigenvalue weighted by atomic mass is 9.77. The highest BCUT2D eigenvalue weighted by Gasteiger charge is 2.50. The summed E-state index contributed by atoms with van der Waals surface area (Å²) in [7, 11) is -5.77. The average Bonchev–Trinajstić information content (AvgIpc) is 3.12. The number of carbonyl (C=O) groups is 1. The molecule has 0 radical (unpaired) electrons. The van der Waals surface area contributed by atoms with Gasteiger partial charge in [-0.2, -0.15) is 21.6 Å². The van der Waals surface area contributed by atoms with Gasteiger partial charge in [-0.05, 0) is 26.2 Å². The molecule has 1 aromatic rings. The fourth-order valence-corrected chi connectivity index (χ4v) is 4.01. The van der Waals surface area contributed by atoms with Crippen molar-refractivity contribution in [2.75, 3.05) is 19.6 Å². The molecule has 1 fully saturated rings. The number of nitrogens with one attached hydrogen (secondary N) is 1. The van der Waals surface area contributed by atoms with Gasteiger partial charge in [-0.3, -0.25) is 4.68 Å². The molecule has 2 aliphatic heterocycles. The lowest BCUT2D eigenvalue weighted by molar-refractivity contribution is -0.0501. The topological polar surface area (TPSA) is 93.5 Å². The van der Waals surface area contributed by atoms with Crippen LogP contribution >= 0.6 is 0 Å². The van der Waals surface area contributed by atoms with E-state index in [0.29, 0.717) is 38.3 Å². The Morgan fingerprint density at radius 3 is 2.77 bits per heavy atom. The Morgan fingerprint density at radius 2 is 2.12 bits per heavy atom. The van der Waals surface area contributed by atoms with Gasteiger partial charge in [0.1, 0.15) is 0 Å². The number of rotatable bonds is 3. The highest BCUT2D eigenvalue weighted by molar-refractivity contribution is 7.87. The van der Waals surface area contributed by atoms with Gasteiger partial charge in [0.25, 0.3) is 5.88 Å². The minimum absolute atomic E-state index is 0.197. The summed E-state index contributed by atoms with van der Waals surface area (Å²) in [6.07, 6.45) is 2.09. The van der Waals surface area contributed by atoms with E-state index in [0.717, 1.165) is 12.8 Å². The summed E-state index contributed by atoms with van der Waals surface area (Å²) in [5, 5.41) is 6.59. The van der Waals surface area contributed by atoms with E-state index in [9.17, 15) is 26.4 Å². The number of hydrogen-bond donors (Lipinski definition) is 1. The van der Waals surface area contributed by atoms with E-state index in [1.807, 2.05) is 6.92 Å². The monoisotopic (exact) mass is 396 g/mol. The van der Waals surface area contributed by atoms with Crippen LogP contribution in [0.1, 0.15) is 31.9 Å². The molecule has 12 heteroatoms. The summed E-state index contributed by atoms with van der Waals surface area (Å²) < 4.78 is 65.6. The zero-order chi connectivity index (χ0) is 19.2. The maximum Gasteiger partial charge on any atom is 0.534 e. The zero-order valence-electron chi connectivity index (χ0n) is 14.0. The maximum absolute atomic E-state index is 12.5. The summed E-state index contributed by atoms with van der Waals surface area (Å²) in [6.45, 7) is 3.66. The Kier molecular flexibility index (Phi) is 4.57. The first-order valence-electron chi connectivity index (χ1n) is 8.20. The number of nitrogens with zero attached hydrogens (tertiary/aromatic N) is 3. The van der Waals surface area contributed by atoms with E-state index >= 15 is 0 Å². The molecule has 2 amide bonds. The molecule has 3 heterocycles. The third-order valence-electron chi connectivity index (χ3n) is 4.77. The van der Waals surface area contributed by atoms with Gasteiger partial charge in [-0.25, -0.2) is 4.79 Å². The molecule has 0 aromatic carbocycles. The number of likely N-dealkylation sites (tertiary alicyclic amines) is 1. The van der Waals surface area contributed by atoms with Gasteiger partial charge in [-0.15, -0.1) is 5.10 Å². The van der Waals surface area contributed by atoms with E-state index in [1.165, 1.54) is 10.7 Å². The predicted molar refractivity (Wildman–Crippen MR) is 84.0 cm³/mol. The van der Waals surface area contributed by atoms with Crippen molar-refractivity contribution in [3.63, 3.8) is 0 Å². The first-order chi connectivity index (χ1) is 12.1. The maximum atomic E-state index is 12.5. The Hall–Kier alpha value is -1.98. The minimum atomic E-state index is -5.77. The van der Waals surface area contributed by atoms with Crippen LogP contribution in [0.2, 0.25) is 0 Å². The van der Waals surface area contributed by atoms with Crippen molar-refractivity contribution in [1.29, 1.82) is 0 Å². The molecule has 1 unspecified atom stereocenters. The molecular weight excluding hydrogens is 377 g/mol. The SMILES string of the molecule is CCNC(=O)N1CCC2(CCCn3nc(OS(=O)(=O)C(F)(F)F)cc32)C1. The number of carbonyl (C=O) groups excluding carboxylic acids is 1. The standard InChI is InChI=1S/C14H19F3N4O4S/c1-2-18-12(22)20-7-5-13(9-20)4-3-6-21-10(13)8-11(19-21)25-26(23,24)14(15,16)17/h8H,2-7,9H2,1H3,(H,18,22). The number of aromatic nitrogens is 2. The fourth-order valence-electron chi connectivity index (χ4n) is 3.61. The molecule has 1 aromatic heterocycles. The van der Waals surface area contributed by atoms with E-state index in [4.69, 9.17) is 0 Å². The summed E-state index contributed by atoms with van der Waals surface area (Å²) in [6, 6.07) is 1.04. The summed E-state index contributed by atoms with van der Waals surface area (Å²) in [5.41, 5.74) is -5.38. The van der Waals surface area contributed by atoms with Gasteiger partial charge in [-0.1, -0.05) is 0 Å². The Labute approximate surface area is 148 Å². The van der Waals surface area contributed by atoms with Crippen molar-refractivity contribution in [3.05, 3.63) is 11.8 Å². The Bertz CT molecular complexity index is 808. The zero-order valence-corrected chi connectivity index (χ0v) is 14.9. The normalized spacial score (nSPS) is 23.2. The van der Waals surface area contributed by atoms with Gasteiger partial charge >= 0.3 is 21.7 Å². The predicted octanol–water partition coefficient (Wildman–Crippen LogP) is 1.58. The van der Waals surface area contributed by atoms with Crippen LogP contribution in [-0.2, 0) is 22.1 Å². The molecule has 8 nitrogen and oxygen atoms in total.